The Labute approximate surface area is 118 Å². The number of nitrogens with one attached hydrogen (secondary N) is 1. The van der Waals surface area contributed by atoms with E-state index in [0.29, 0.717) is 17.1 Å². The summed E-state index contributed by atoms with van der Waals surface area (Å²) < 4.78 is 37.2. The van der Waals surface area contributed by atoms with Gasteiger partial charge in [-0.15, -0.1) is 0 Å². The van der Waals surface area contributed by atoms with E-state index in [1.807, 2.05) is 0 Å². The number of aromatic nitrogens is 1. The number of halogens is 3. The summed E-state index contributed by atoms with van der Waals surface area (Å²) in [5.41, 5.74) is 6.37. The molecular formula is C13H10F3N3S. The average Bonchev–Trinajstić information content (AvgIpc) is 2.39. The molecule has 0 saturated carbocycles. The highest BCUT2D eigenvalue weighted by molar-refractivity contribution is 7.80. The molecule has 1 aromatic heterocycles. The Bertz CT molecular complexity index is 606. The van der Waals surface area contributed by atoms with Crippen LogP contribution in [-0.4, -0.2) is 9.97 Å². The molecule has 1 aromatic carbocycles. The molecule has 0 spiro atoms. The van der Waals surface area contributed by atoms with Crippen LogP contribution in [0.5, 0.6) is 0 Å². The second-order valence-corrected chi connectivity index (χ2v) is 4.44. The molecule has 2 aromatic rings. The van der Waals surface area contributed by atoms with E-state index in [2.05, 4.69) is 10.3 Å². The lowest BCUT2D eigenvalue weighted by atomic mass is 10.2. The van der Waals surface area contributed by atoms with Gasteiger partial charge in [0.05, 0.1) is 23.1 Å². The second kappa shape index (κ2) is 5.46. The van der Waals surface area contributed by atoms with E-state index in [-0.39, 0.29) is 4.99 Å². The largest absolute Gasteiger partial charge is 0.416 e. The Morgan fingerprint density at radius 3 is 2.10 bits per heavy atom. The summed E-state index contributed by atoms with van der Waals surface area (Å²) in [5.74, 6) is 0. The van der Waals surface area contributed by atoms with Crippen LogP contribution in [0.2, 0.25) is 0 Å². The van der Waals surface area contributed by atoms with Gasteiger partial charge in [-0.05, 0) is 36.4 Å². The zero-order chi connectivity index (χ0) is 14.8. The molecule has 0 bridgehead atoms. The van der Waals surface area contributed by atoms with Gasteiger partial charge in [0.25, 0.3) is 0 Å². The molecule has 0 saturated heterocycles. The van der Waals surface area contributed by atoms with Crippen LogP contribution in [-0.2, 0) is 6.18 Å². The number of nitrogens with two attached hydrogens (primary N) is 1. The quantitative estimate of drug-likeness (QED) is 0.852. The lowest BCUT2D eigenvalue weighted by Gasteiger charge is -2.09. The molecule has 104 valence electrons. The number of thiocarbonyl (C=S) groups is 1. The van der Waals surface area contributed by atoms with Gasteiger partial charge in [0.2, 0.25) is 0 Å². The normalized spacial score (nSPS) is 11.2. The highest BCUT2D eigenvalue weighted by Crippen LogP contribution is 2.30. The topological polar surface area (TPSA) is 50.9 Å². The molecule has 0 unspecified atom stereocenters. The summed E-state index contributed by atoms with van der Waals surface area (Å²) in [4.78, 5) is 4.21. The third kappa shape index (κ3) is 3.45. The number of hydrogen-bond acceptors (Lipinski definition) is 3. The molecule has 7 heteroatoms. The van der Waals surface area contributed by atoms with Gasteiger partial charge in [-0.3, -0.25) is 4.98 Å². The molecule has 3 N–H and O–H groups in total. The predicted octanol–water partition coefficient (Wildman–Crippen LogP) is 3.48. The van der Waals surface area contributed by atoms with Crippen molar-refractivity contribution in [2.75, 3.05) is 5.32 Å². The molecule has 0 amide bonds. The molecule has 0 aliphatic heterocycles. The Morgan fingerprint density at radius 1 is 1.05 bits per heavy atom. The summed E-state index contributed by atoms with van der Waals surface area (Å²) in [6.45, 7) is 0. The predicted molar refractivity (Wildman–Crippen MR) is 74.9 cm³/mol. The van der Waals surface area contributed by atoms with E-state index in [1.54, 1.807) is 12.1 Å². The van der Waals surface area contributed by atoms with E-state index < -0.39 is 11.7 Å². The zero-order valence-electron chi connectivity index (χ0n) is 10.1. The number of benzene rings is 1. The smallest absolute Gasteiger partial charge is 0.388 e. The molecule has 0 aliphatic rings. The zero-order valence-corrected chi connectivity index (χ0v) is 10.9. The minimum absolute atomic E-state index is 0.186. The van der Waals surface area contributed by atoms with Gasteiger partial charge >= 0.3 is 6.18 Å². The fourth-order valence-electron chi connectivity index (χ4n) is 1.52. The van der Waals surface area contributed by atoms with Crippen molar-refractivity contribution in [2.45, 2.75) is 6.18 Å². The number of rotatable bonds is 3. The molecule has 0 radical (unpaired) electrons. The SMILES string of the molecule is NC(=S)c1ccc(Nc2ccc(C(F)(F)F)cc2)cn1. The van der Waals surface area contributed by atoms with Crippen LogP contribution in [0.1, 0.15) is 11.3 Å². The summed E-state index contributed by atoms with van der Waals surface area (Å²) in [5, 5.41) is 2.93. The summed E-state index contributed by atoms with van der Waals surface area (Å²) in [6, 6.07) is 8.06. The molecule has 0 atom stereocenters. The molecule has 3 nitrogen and oxygen atoms in total. The van der Waals surface area contributed by atoms with Crippen LogP contribution in [0, 0.1) is 0 Å². The standard InChI is InChI=1S/C13H10F3N3S/c14-13(15,16)8-1-3-9(4-2-8)19-10-5-6-11(12(17)20)18-7-10/h1-7,19H,(H2,17,20). The number of nitrogens with zero attached hydrogens (tertiary/aromatic N) is 1. The Morgan fingerprint density at radius 2 is 1.65 bits per heavy atom. The first-order valence-electron chi connectivity index (χ1n) is 5.56. The van der Waals surface area contributed by atoms with E-state index in [9.17, 15) is 13.2 Å². The second-order valence-electron chi connectivity index (χ2n) is 4.00. The van der Waals surface area contributed by atoms with Gasteiger partial charge in [0.1, 0.15) is 4.99 Å². The molecule has 0 aliphatic carbocycles. The molecule has 2 rings (SSSR count). The average molecular weight is 297 g/mol. The molecule has 0 fully saturated rings. The van der Waals surface area contributed by atoms with Crippen LogP contribution in [0.3, 0.4) is 0 Å². The highest BCUT2D eigenvalue weighted by atomic mass is 32.1. The van der Waals surface area contributed by atoms with Gasteiger partial charge in [-0.1, -0.05) is 12.2 Å². The van der Waals surface area contributed by atoms with Crippen molar-refractivity contribution < 1.29 is 13.2 Å². The van der Waals surface area contributed by atoms with Crippen molar-refractivity contribution in [1.29, 1.82) is 0 Å². The third-order valence-electron chi connectivity index (χ3n) is 2.52. The van der Waals surface area contributed by atoms with E-state index in [0.717, 1.165) is 12.1 Å². The first kappa shape index (κ1) is 14.3. The van der Waals surface area contributed by atoms with Crippen LogP contribution in [0.25, 0.3) is 0 Å². The van der Waals surface area contributed by atoms with E-state index in [4.69, 9.17) is 18.0 Å². The number of anilines is 2. The maximum Gasteiger partial charge on any atom is 0.416 e. The number of pyridine rings is 1. The molecule has 20 heavy (non-hydrogen) atoms. The fraction of sp³-hybridized carbons (Fsp3) is 0.0769. The van der Waals surface area contributed by atoms with Crippen LogP contribution in [0.15, 0.2) is 42.6 Å². The monoisotopic (exact) mass is 297 g/mol. The first-order valence-corrected chi connectivity index (χ1v) is 5.97. The van der Waals surface area contributed by atoms with Crippen molar-refractivity contribution in [3.63, 3.8) is 0 Å². The van der Waals surface area contributed by atoms with Gasteiger partial charge < -0.3 is 11.1 Å². The van der Waals surface area contributed by atoms with Crippen molar-refractivity contribution in [3.05, 3.63) is 53.9 Å². The minimum atomic E-state index is -4.33. The van der Waals surface area contributed by atoms with Crippen LogP contribution < -0.4 is 11.1 Å². The van der Waals surface area contributed by atoms with Crippen LogP contribution in [0.4, 0.5) is 24.5 Å². The van der Waals surface area contributed by atoms with E-state index in [1.165, 1.54) is 18.3 Å². The Kier molecular flexibility index (Phi) is 3.89. The Hall–Kier alpha value is -2.15. The summed E-state index contributed by atoms with van der Waals surface area (Å²) >= 11 is 4.77. The summed E-state index contributed by atoms with van der Waals surface area (Å²) in [6.07, 6.45) is -2.83. The van der Waals surface area contributed by atoms with Crippen molar-refractivity contribution in [2.24, 2.45) is 5.73 Å². The van der Waals surface area contributed by atoms with E-state index >= 15 is 0 Å². The highest BCUT2D eigenvalue weighted by Gasteiger charge is 2.29. The van der Waals surface area contributed by atoms with Gasteiger partial charge in [-0.2, -0.15) is 13.2 Å². The molecular weight excluding hydrogens is 287 g/mol. The number of alkyl halides is 3. The van der Waals surface area contributed by atoms with Crippen LogP contribution >= 0.6 is 12.2 Å². The van der Waals surface area contributed by atoms with Gasteiger partial charge in [-0.25, -0.2) is 0 Å². The van der Waals surface area contributed by atoms with Gasteiger partial charge in [0.15, 0.2) is 0 Å². The fourth-order valence-corrected chi connectivity index (χ4v) is 1.64. The van der Waals surface area contributed by atoms with Crippen molar-refractivity contribution >= 4 is 28.6 Å². The maximum atomic E-state index is 12.4. The first-order chi connectivity index (χ1) is 9.36. The number of hydrogen-bond donors (Lipinski definition) is 2. The van der Waals surface area contributed by atoms with Crippen molar-refractivity contribution in [1.82, 2.24) is 4.98 Å². The third-order valence-corrected chi connectivity index (χ3v) is 2.73. The van der Waals surface area contributed by atoms with Gasteiger partial charge in [0, 0.05) is 5.69 Å². The minimum Gasteiger partial charge on any atom is -0.388 e. The lowest BCUT2D eigenvalue weighted by Crippen LogP contribution is -2.11. The van der Waals surface area contributed by atoms with Crippen molar-refractivity contribution in [3.8, 4) is 0 Å². The Balaban J connectivity index is 2.12. The summed E-state index contributed by atoms with van der Waals surface area (Å²) in [7, 11) is 0. The lowest BCUT2D eigenvalue weighted by molar-refractivity contribution is -0.137. The molecule has 1 heterocycles. The maximum absolute atomic E-state index is 12.4.